The van der Waals surface area contributed by atoms with Crippen molar-refractivity contribution in [2.24, 2.45) is 107 Å². The number of rotatable bonds is 24. The van der Waals surface area contributed by atoms with Crippen LogP contribution in [0.25, 0.3) is 36.0 Å². The average Bonchev–Trinajstić information content (AvgIpc) is 1.59. The summed E-state index contributed by atoms with van der Waals surface area (Å²) in [6, 6.07) is 46.0. The summed E-state index contributed by atoms with van der Waals surface area (Å²) in [5.74, 6) is 16.4. The minimum absolute atomic E-state index is 0.0359. The Kier molecular flexibility index (Phi) is 30.6. The molecule has 6 saturated carbocycles. The van der Waals surface area contributed by atoms with E-state index in [0.717, 1.165) is 159 Å². The fourth-order valence-corrected chi connectivity index (χ4v) is 22.0. The number of amides is 2. The average molecular weight is 1840 g/mol. The number of halogens is 1. The van der Waals surface area contributed by atoms with Crippen LogP contribution in [0.2, 0.25) is 1.41 Å². The first-order chi connectivity index (χ1) is 63.4. The quantitative estimate of drug-likeness (QED) is 0.00671. The van der Waals surface area contributed by atoms with E-state index in [0.29, 0.717) is 103 Å². The van der Waals surface area contributed by atoms with E-state index in [1.165, 1.54) is 118 Å². The summed E-state index contributed by atoms with van der Waals surface area (Å²) in [6.45, 7) is 15.6. The van der Waals surface area contributed by atoms with Gasteiger partial charge in [0.15, 0.2) is 0 Å². The van der Waals surface area contributed by atoms with E-state index in [1.54, 1.807) is 6.08 Å². The van der Waals surface area contributed by atoms with Crippen molar-refractivity contribution >= 4 is 95.5 Å². The number of aryl methyl sites for hydroxylation is 3. The number of nitrogens with zero attached hydrogens (tertiary/aromatic N) is 1. The molecule has 3 aliphatic heterocycles. The van der Waals surface area contributed by atoms with Gasteiger partial charge in [-0.25, -0.2) is 14.4 Å². The van der Waals surface area contributed by atoms with Gasteiger partial charge in [0.05, 0.1) is 38.6 Å². The molecule has 129 heavy (non-hydrogen) atoms. The van der Waals surface area contributed by atoms with Gasteiger partial charge < -0.3 is 33.2 Å². The Bertz CT molecular complexity index is 5480. The van der Waals surface area contributed by atoms with Gasteiger partial charge in [-0.15, -0.1) is 0 Å². The molecule has 6 aromatic rings. The predicted molar refractivity (Wildman–Crippen MR) is 521 cm³/mol. The molecule has 6 aromatic carbocycles. The summed E-state index contributed by atoms with van der Waals surface area (Å²) in [5, 5.41) is 5.64. The number of ether oxygens (including phenoxy) is 7. The molecule has 0 spiro atoms. The molecule has 2 N–H and O–H groups in total. The van der Waals surface area contributed by atoms with Crippen molar-refractivity contribution in [3.63, 3.8) is 0 Å². The molecule has 666 valence electrons. The van der Waals surface area contributed by atoms with Crippen LogP contribution in [0.1, 0.15) is 146 Å². The molecule has 0 saturated heterocycles. The monoisotopic (exact) mass is 1840 g/mol. The number of alkyl halides is 1. The maximum atomic E-state index is 12.9. The van der Waals surface area contributed by atoms with Crippen LogP contribution in [-0.4, -0.2) is 86.0 Å². The van der Waals surface area contributed by atoms with E-state index >= 15 is 0 Å². The van der Waals surface area contributed by atoms with Crippen LogP contribution in [0.15, 0.2) is 273 Å². The van der Waals surface area contributed by atoms with Gasteiger partial charge in [-0.05, 0) is 318 Å². The van der Waals surface area contributed by atoms with E-state index in [-0.39, 0.29) is 29.7 Å². The second-order valence-electron chi connectivity index (χ2n) is 37.5. The van der Waals surface area contributed by atoms with Crippen LogP contribution in [0.5, 0.6) is 23.0 Å². The summed E-state index contributed by atoms with van der Waals surface area (Å²) in [5.41, 5.74) is 11.2. The number of esters is 3. The van der Waals surface area contributed by atoms with Gasteiger partial charge in [0.2, 0.25) is 0 Å². The molecule has 18 unspecified atom stereocenters. The third-order valence-corrected chi connectivity index (χ3v) is 29.1. The van der Waals surface area contributed by atoms with Crippen molar-refractivity contribution in [1.82, 2.24) is 10.1 Å². The molecule has 17 heteroatoms. The summed E-state index contributed by atoms with van der Waals surface area (Å²) < 4.78 is 46.2. The molecule has 22 rings (SSSR count). The van der Waals surface area contributed by atoms with Crippen LogP contribution in [0.4, 0.5) is 0 Å². The number of carbonyl (C=O) groups is 5. The van der Waals surface area contributed by atoms with Crippen LogP contribution < -0.4 is 24.2 Å². The molecule has 12 bridgehead atoms. The molecule has 15 nitrogen and oxygen atoms in total. The fraction of sp³-hybridized carbons (Fsp3) is 0.384. The predicted octanol–water partition coefficient (Wildman–Crippen LogP) is 23.5. The first-order valence-corrected chi connectivity index (χ1v) is 48.3. The van der Waals surface area contributed by atoms with Gasteiger partial charge >= 0.3 is 64.2 Å². The molecular weight excluding hydrogens is 1720 g/mol. The molecule has 13 aliphatic carbocycles. The first kappa shape index (κ1) is 89.8. The fourth-order valence-electron chi connectivity index (χ4n) is 21.8. The van der Waals surface area contributed by atoms with E-state index in [2.05, 4.69) is 125 Å². The molecular formula is C112H121BIN3O12. The van der Waals surface area contributed by atoms with E-state index in [9.17, 15) is 24.0 Å². The van der Waals surface area contributed by atoms with Gasteiger partial charge in [-0.2, -0.15) is 0 Å². The Balaban J connectivity index is 0.000000113. The number of imide groups is 1. The Morgan fingerprint density at radius 2 is 0.884 bits per heavy atom. The number of carbonyl (C=O) groups excluding carboxylic acids is 5. The number of nitrogens with one attached hydrogen (secondary N) is 2. The van der Waals surface area contributed by atoms with Crippen molar-refractivity contribution < 1.29 is 58.5 Å². The number of fused-ring (bicyclic) bond motifs is 16. The Morgan fingerprint density at radius 3 is 1.33 bits per heavy atom. The zero-order valence-electron chi connectivity index (χ0n) is 75.3. The van der Waals surface area contributed by atoms with Crippen molar-refractivity contribution in [2.75, 3.05) is 44.1 Å². The SMILES string of the molecule is C=C1C=Cc2ccc(OCC3CC4C=CC3C4)cc2O1.C=C1C=Cc2ccc(OCCC3CC4C=CC3C4)cc2O1.Cc1ccc(/C=C/C(=O)OCC2CC3C=CC2C3)cc1.Cc1ccc(/C=C/C(=O)OCCC2CC3C=CC2C3)cc1.O=C(/C=C/c1ccccc1)OCC1CC2C=CC1C2.O=C1C2=C(C(=O)N1CC1CC3C=CC1C3)c1ccccc1CC2.[2H]N=BNCI. The third kappa shape index (κ3) is 24.5. The van der Waals surface area contributed by atoms with Gasteiger partial charge in [0, 0.05) is 53.6 Å². The number of hydrogen-bond donors (Lipinski definition) is 2. The van der Waals surface area contributed by atoms with Gasteiger partial charge in [0.25, 0.3) is 11.8 Å². The zero-order valence-corrected chi connectivity index (χ0v) is 76.5. The van der Waals surface area contributed by atoms with E-state index in [4.69, 9.17) is 34.6 Å². The molecule has 3 heterocycles. The second kappa shape index (κ2) is 44.0. The Hall–Kier alpha value is -11.2. The zero-order chi connectivity index (χ0) is 89.8. The molecule has 16 aliphatic rings. The van der Waals surface area contributed by atoms with Crippen molar-refractivity contribution in [1.29, 1.82) is 5.31 Å². The van der Waals surface area contributed by atoms with E-state index < -0.39 is 0 Å². The molecule has 18 atom stereocenters. The van der Waals surface area contributed by atoms with Crippen LogP contribution in [0.3, 0.4) is 0 Å². The normalized spacial score (nSPS) is 27.9. The first-order valence-electron chi connectivity index (χ1n) is 47.3. The Morgan fingerprint density at radius 1 is 0.465 bits per heavy atom. The Labute approximate surface area is 777 Å². The number of allylic oxidation sites excluding steroid dienone is 14. The molecule has 2 amide bonds. The van der Waals surface area contributed by atoms with E-state index in [1.807, 2.05) is 184 Å². The van der Waals surface area contributed by atoms with Gasteiger partial charge in [0.1, 0.15) is 34.5 Å². The topological polar surface area (TPSA) is 189 Å². The van der Waals surface area contributed by atoms with Crippen LogP contribution in [-0.2, 0) is 44.6 Å². The van der Waals surface area contributed by atoms with Crippen molar-refractivity contribution in [2.45, 2.75) is 117 Å². The summed E-state index contributed by atoms with van der Waals surface area (Å²) in [6.07, 6.45) is 64.5. The third-order valence-electron chi connectivity index (χ3n) is 28.7. The second-order valence-corrected chi connectivity index (χ2v) is 38.3. The standard InChI is InChI=1S/C20H19NO2.C19H20O2.C19H22O2.C18H18O2.C18H20O2.C17H18O2.CH4BIN2/c22-19-17-8-7-13-3-1-2-4-16(13)18(17)20(23)21(19)11-15-10-12-5-6-14(15)9-12;1-13-2-4-15-6-7-18(12-19(15)21-13)20-9-8-17-11-14-3-5-16(17)10-14;1-14-2-4-15(5-3-14)7-9-19(20)21-11-10-18-13-16-6-8-17(18)12-16;1-12-2-4-14-6-7-17(10-18(14)20-12)19-11-16-9-13-3-5-15(16)8-13;1-13-2-4-14(5-3-13)7-9-18(19)20-12-17-11-15-6-8-16(17)10-15;18-17(9-7-13-4-2-1-3-5-13)19-12-16-11-14-6-8-15(16)10-14;3-1-5-2-4/h1-6,12,14-15H,7-11H2;2-7,12,14,16-17H,1,8-11H2;2-9,16-18H,10-13H2,1H3;2-7,10,13,15-16H,1,8-9,11H2;2-9,15-17H,10-12H2,1H3;1-9,14-16H,10-12H2;4-5H,1H2/b;;9-7+;;2*9-7+;/i;;;;;;4D. The molecule has 0 radical (unpaired) electrons. The summed E-state index contributed by atoms with van der Waals surface area (Å²) in [7, 11) is 1.34. The molecule has 0 aromatic heterocycles. The van der Waals surface area contributed by atoms with Gasteiger partial charge in [-0.3, -0.25) is 14.5 Å². The number of hydrogen-bond acceptors (Lipinski definition) is 13. The maximum absolute atomic E-state index is 12.9. The van der Waals surface area contributed by atoms with Crippen molar-refractivity contribution in [3.8, 4) is 23.0 Å². The number of benzene rings is 6. The summed E-state index contributed by atoms with van der Waals surface area (Å²) in [4.78, 5) is 62.3. The van der Waals surface area contributed by atoms with Crippen LogP contribution >= 0.6 is 22.6 Å². The summed E-state index contributed by atoms with van der Waals surface area (Å²) >= 11 is 2.13. The molecule has 6 fully saturated rings. The van der Waals surface area contributed by atoms with Gasteiger partial charge in [-0.1, -0.05) is 200 Å². The minimum atomic E-state index is -0.241. The van der Waals surface area contributed by atoms with Crippen LogP contribution in [0, 0.1) is 126 Å². The van der Waals surface area contributed by atoms with Crippen molar-refractivity contribution in [3.05, 3.63) is 323 Å².